The number of phenols is 1. The number of aromatic hydroxyl groups is 1. The van der Waals surface area contributed by atoms with Crippen LogP contribution in [-0.2, 0) is 20.0 Å². The second-order valence-electron chi connectivity index (χ2n) is 9.06. The van der Waals surface area contributed by atoms with Crippen LogP contribution >= 0.6 is 0 Å². The van der Waals surface area contributed by atoms with Crippen LogP contribution in [0, 0.1) is 11.8 Å². The molecule has 0 bridgehead atoms. The SMILES string of the molecule is CN(C)[C@@H]1C(=O)C(C(N)=O)=C(O)[C@@]2(O)C(=O)C3=C(O)c4c(O)cccc4[C@](C)(O)[C@H]3[C@@H](O)[C@@H]12. The topological polar surface area (TPSA) is 202 Å². The number of ketones is 2. The standard InChI is InChI=1S/C22H24N2O9/c1-21(32)7-5-4-6-8(25)9(7)15(26)10-12(21)17(28)13-14(24(2)3)16(27)11(20(23)31)19(30)22(13,33)18(10)29/h4-6,12-14,17,25-26,28,30,32-33H,1-3H3,(H2,23,31)/t12-,13-,14+,17-,21+,22+/m1/s1. The number of aliphatic hydroxyl groups is 5. The Kier molecular flexibility index (Phi) is 4.78. The van der Waals surface area contributed by atoms with Crippen molar-refractivity contribution in [3.63, 3.8) is 0 Å². The van der Waals surface area contributed by atoms with Gasteiger partial charge in [0.15, 0.2) is 11.4 Å². The number of primary amides is 1. The Morgan fingerprint density at radius 2 is 1.73 bits per heavy atom. The molecule has 0 saturated heterocycles. The number of amides is 1. The van der Waals surface area contributed by atoms with Gasteiger partial charge >= 0.3 is 0 Å². The van der Waals surface area contributed by atoms with Crippen LogP contribution in [0.25, 0.3) is 5.76 Å². The van der Waals surface area contributed by atoms with Crippen molar-refractivity contribution in [1.29, 1.82) is 0 Å². The number of aliphatic hydroxyl groups excluding tert-OH is 3. The van der Waals surface area contributed by atoms with E-state index < -0.39 is 81.1 Å². The van der Waals surface area contributed by atoms with Crippen LogP contribution in [0.2, 0.25) is 0 Å². The highest BCUT2D eigenvalue weighted by molar-refractivity contribution is 6.24. The number of Topliss-reactive ketones (excluding diaryl/α,β-unsaturated/α-hetero) is 2. The summed E-state index contributed by atoms with van der Waals surface area (Å²) in [4.78, 5) is 39.9. The minimum atomic E-state index is -3.02. The van der Waals surface area contributed by atoms with E-state index in [-0.39, 0.29) is 11.1 Å². The van der Waals surface area contributed by atoms with Crippen molar-refractivity contribution in [3.8, 4) is 5.75 Å². The van der Waals surface area contributed by atoms with E-state index in [1.807, 2.05) is 0 Å². The van der Waals surface area contributed by atoms with Crippen LogP contribution in [0.3, 0.4) is 0 Å². The lowest BCUT2D eigenvalue weighted by atomic mass is 9.53. The predicted molar refractivity (Wildman–Crippen MR) is 112 cm³/mol. The van der Waals surface area contributed by atoms with Gasteiger partial charge in [-0.2, -0.15) is 0 Å². The maximum Gasteiger partial charge on any atom is 0.255 e. The van der Waals surface area contributed by atoms with E-state index in [9.17, 15) is 45.0 Å². The van der Waals surface area contributed by atoms with E-state index in [4.69, 9.17) is 5.73 Å². The predicted octanol–water partition coefficient (Wildman–Crippen LogP) is -1.40. The third-order valence-corrected chi connectivity index (χ3v) is 7.03. The van der Waals surface area contributed by atoms with Gasteiger partial charge in [-0.25, -0.2) is 0 Å². The summed E-state index contributed by atoms with van der Waals surface area (Å²) in [5, 5.41) is 66.3. The molecule has 1 aromatic rings. The molecule has 1 saturated carbocycles. The summed E-state index contributed by atoms with van der Waals surface area (Å²) in [7, 11) is 2.80. The number of benzene rings is 1. The van der Waals surface area contributed by atoms with Gasteiger partial charge in [0, 0.05) is 0 Å². The number of phenolic OH excluding ortho intramolecular Hbond substituents is 1. The molecule has 8 N–H and O–H groups in total. The van der Waals surface area contributed by atoms with Gasteiger partial charge in [0.1, 0.15) is 22.8 Å². The molecule has 33 heavy (non-hydrogen) atoms. The highest BCUT2D eigenvalue weighted by atomic mass is 16.4. The largest absolute Gasteiger partial charge is 0.508 e. The molecule has 3 aliphatic carbocycles. The maximum absolute atomic E-state index is 13.7. The van der Waals surface area contributed by atoms with Crippen LogP contribution in [0.1, 0.15) is 18.1 Å². The first kappa shape index (κ1) is 22.9. The Labute approximate surface area is 187 Å². The van der Waals surface area contributed by atoms with E-state index in [1.54, 1.807) is 0 Å². The molecule has 3 aliphatic rings. The van der Waals surface area contributed by atoms with Crippen molar-refractivity contribution < 1.29 is 45.0 Å². The van der Waals surface area contributed by atoms with Crippen molar-refractivity contribution >= 4 is 23.2 Å². The first-order chi connectivity index (χ1) is 15.2. The second kappa shape index (κ2) is 6.87. The number of hydrogen-bond acceptors (Lipinski definition) is 10. The van der Waals surface area contributed by atoms with Crippen molar-refractivity contribution in [2.75, 3.05) is 14.1 Å². The Balaban J connectivity index is 2.11. The van der Waals surface area contributed by atoms with Crippen LogP contribution in [0.5, 0.6) is 5.75 Å². The van der Waals surface area contributed by atoms with E-state index in [2.05, 4.69) is 0 Å². The molecule has 0 radical (unpaired) electrons. The monoisotopic (exact) mass is 460 g/mol. The molecular weight excluding hydrogens is 436 g/mol. The lowest BCUT2D eigenvalue weighted by Crippen LogP contribution is -2.71. The molecule has 1 amide bonds. The van der Waals surface area contributed by atoms with Crippen molar-refractivity contribution in [2.45, 2.75) is 30.3 Å². The summed E-state index contributed by atoms with van der Waals surface area (Å²) in [5.74, 6) is -9.67. The first-order valence-corrected chi connectivity index (χ1v) is 10.1. The van der Waals surface area contributed by atoms with Crippen LogP contribution in [0.4, 0.5) is 0 Å². The minimum Gasteiger partial charge on any atom is -0.508 e. The molecule has 1 aromatic carbocycles. The van der Waals surface area contributed by atoms with Crippen molar-refractivity contribution in [2.24, 2.45) is 17.6 Å². The van der Waals surface area contributed by atoms with Crippen molar-refractivity contribution in [1.82, 2.24) is 4.90 Å². The van der Waals surface area contributed by atoms with Gasteiger partial charge in [0.05, 0.1) is 40.7 Å². The Morgan fingerprint density at radius 1 is 1.12 bits per heavy atom. The quantitative estimate of drug-likeness (QED) is 0.257. The number of nitrogens with two attached hydrogens (primary N) is 1. The average molecular weight is 460 g/mol. The van der Waals surface area contributed by atoms with Gasteiger partial charge in [0.2, 0.25) is 5.78 Å². The van der Waals surface area contributed by atoms with Crippen LogP contribution in [0.15, 0.2) is 35.1 Å². The number of carbonyl (C=O) groups is 3. The second-order valence-corrected chi connectivity index (χ2v) is 9.06. The normalized spacial score (nSPS) is 36.0. The molecule has 11 heteroatoms. The smallest absolute Gasteiger partial charge is 0.255 e. The molecule has 0 aliphatic heterocycles. The fourth-order valence-electron chi connectivity index (χ4n) is 5.60. The molecule has 6 atom stereocenters. The van der Waals surface area contributed by atoms with Gasteiger partial charge in [-0.05, 0) is 32.6 Å². The number of carbonyl (C=O) groups excluding carboxylic acids is 3. The molecule has 4 rings (SSSR count). The molecule has 0 spiro atoms. The molecule has 0 heterocycles. The summed E-state index contributed by atoms with van der Waals surface area (Å²) in [6, 6.07) is 2.50. The van der Waals surface area contributed by atoms with E-state index >= 15 is 0 Å². The summed E-state index contributed by atoms with van der Waals surface area (Å²) in [6.07, 6.45) is -1.87. The zero-order valence-electron chi connectivity index (χ0n) is 18.0. The molecular formula is C22H24N2O9. The van der Waals surface area contributed by atoms with Gasteiger partial charge in [-0.1, -0.05) is 12.1 Å². The first-order valence-electron chi connectivity index (χ1n) is 10.1. The minimum absolute atomic E-state index is 0.00664. The summed E-state index contributed by atoms with van der Waals surface area (Å²) >= 11 is 0. The van der Waals surface area contributed by atoms with Crippen molar-refractivity contribution in [3.05, 3.63) is 46.2 Å². The number of likely N-dealkylation sites (N-methyl/N-ethyl adjacent to an activating group) is 1. The number of rotatable bonds is 2. The molecule has 0 aromatic heterocycles. The van der Waals surface area contributed by atoms with Gasteiger partial charge in [-0.3, -0.25) is 19.3 Å². The zero-order chi connectivity index (χ0) is 24.8. The Morgan fingerprint density at radius 3 is 2.27 bits per heavy atom. The summed E-state index contributed by atoms with van der Waals surface area (Å²) in [5.41, 5.74) is -1.78. The number of hydrogen-bond donors (Lipinski definition) is 7. The van der Waals surface area contributed by atoms with E-state index in [0.717, 1.165) is 0 Å². The zero-order valence-corrected chi connectivity index (χ0v) is 18.0. The maximum atomic E-state index is 13.7. The van der Waals surface area contributed by atoms with Gasteiger partial charge in [0.25, 0.3) is 5.91 Å². The molecule has 11 nitrogen and oxygen atoms in total. The van der Waals surface area contributed by atoms with Gasteiger partial charge < -0.3 is 36.4 Å². The van der Waals surface area contributed by atoms with E-state index in [1.165, 1.54) is 44.1 Å². The summed E-state index contributed by atoms with van der Waals surface area (Å²) < 4.78 is 0. The van der Waals surface area contributed by atoms with Gasteiger partial charge in [-0.15, -0.1) is 0 Å². The number of nitrogens with zero attached hydrogens (tertiary/aromatic N) is 1. The molecule has 1 fully saturated rings. The Bertz CT molecular complexity index is 1180. The molecule has 0 unspecified atom stereocenters. The summed E-state index contributed by atoms with van der Waals surface area (Å²) in [6.45, 7) is 1.25. The Hall–Kier alpha value is -3.25. The molecule has 176 valence electrons. The average Bonchev–Trinajstić information content (AvgIpc) is 2.70. The fraction of sp³-hybridized carbons (Fsp3) is 0.409. The highest BCUT2D eigenvalue weighted by Crippen LogP contribution is 2.57. The highest BCUT2D eigenvalue weighted by Gasteiger charge is 2.70. The van der Waals surface area contributed by atoms with E-state index in [0.29, 0.717) is 0 Å². The van der Waals surface area contributed by atoms with Crippen LogP contribution < -0.4 is 5.73 Å². The lowest BCUT2D eigenvalue weighted by Gasteiger charge is -2.55. The third-order valence-electron chi connectivity index (χ3n) is 7.03. The van der Waals surface area contributed by atoms with Crippen LogP contribution in [-0.4, -0.2) is 84.9 Å². The third kappa shape index (κ3) is 2.61. The number of fused-ring (bicyclic) bond motifs is 3. The lowest BCUT2D eigenvalue weighted by molar-refractivity contribution is -0.181. The fourth-order valence-corrected chi connectivity index (χ4v) is 5.60.